The van der Waals surface area contributed by atoms with E-state index in [1.165, 1.54) is 0 Å². The Balaban J connectivity index is 1.67. The number of nitrogens with one attached hydrogen (secondary N) is 1. The van der Waals surface area contributed by atoms with Crippen molar-refractivity contribution in [2.45, 2.75) is 42.4 Å². The number of sulfone groups is 1. The van der Waals surface area contributed by atoms with Crippen molar-refractivity contribution in [3.05, 3.63) is 65.4 Å². The zero-order valence-corrected chi connectivity index (χ0v) is 16.5. The average Bonchev–Trinajstić information content (AvgIpc) is 3.07. The molecule has 0 radical (unpaired) electrons. The van der Waals surface area contributed by atoms with E-state index in [0.29, 0.717) is 17.9 Å². The highest BCUT2D eigenvalue weighted by Crippen LogP contribution is 2.43. The van der Waals surface area contributed by atoms with Gasteiger partial charge in [-0.3, -0.25) is 4.79 Å². The summed E-state index contributed by atoms with van der Waals surface area (Å²) in [7, 11) is -3.57. The van der Waals surface area contributed by atoms with Crippen LogP contribution in [-0.4, -0.2) is 36.0 Å². The summed E-state index contributed by atoms with van der Waals surface area (Å²) in [4.78, 5) is 18.2. The van der Waals surface area contributed by atoms with Crippen LogP contribution in [0.15, 0.2) is 53.4 Å². The number of aromatic amines is 1. The lowest BCUT2D eigenvalue weighted by Gasteiger charge is -2.43. The smallest absolute Gasteiger partial charge is 0.223 e. The Hall–Kier alpha value is -2.60. The number of H-pyrrole nitrogens is 1. The second-order valence-electron chi connectivity index (χ2n) is 7.78. The minimum Gasteiger partial charge on any atom is -0.356 e. The second-order valence-corrected chi connectivity index (χ2v) is 9.95. The van der Waals surface area contributed by atoms with E-state index in [-0.39, 0.29) is 12.3 Å². The number of para-hydroxylation sites is 1. The quantitative estimate of drug-likeness (QED) is 0.723. The Kier molecular flexibility index (Phi) is 3.88. The summed E-state index contributed by atoms with van der Waals surface area (Å²) >= 11 is 0. The molecule has 2 unspecified atom stereocenters. The third kappa shape index (κ3) is 2.51. The summed E-state index contributed by atoms with van der Waals surface area (Å²) < 4.78 is 27.1. The monoisotopic (exact) mass is 394 g/mol. The Labute approximate surface area is 164 Å². The van der Waals surface area contributed by atoms with Crippen LogP contribution >= 0.6 is 0 Å². The second kappa shape index (κ2) is 6.21. The molecule has 1 N–H and O–H groups in total. The first kappa shape index (κ1) is 17.5. The van der Waals surface area contributed by atoms with Gasteiger partial charge in [0.15, 0.2) is 9.84 Å². The molecular weight excluding hydrogens is 372 g/mol. The number of carbonyl (C=O) groups excluding carboxylic acids is 1. The predicted molar refractivity (Wildman–Crippen MR) is 108 cm³/mol. The summed E-state index contributed by atoms with van der Waals surface area (Å²) in [5.41, 5.74) is 4.06. The van der Waals surface area contributed by atoms with Crippen molar-refractivity contribution in [1.29, 1.82) is 0 Å². The van der Waals surface area contributed by atoms with Crippen LogP contribution in [0.4, 0.5) is 0 Å². The summed E-state index contributed by atoms with van der Waals surface area (Å²) in [6, 6.07) is 14.6. The zero-order chi connectivity index (χ0) is 19.5. The maximum absolute atomic E-state index is 13.5. The van der Waals surface area contributed by atoms with Crippen LogP contribution in [0, 0.1) is 6.92 Å². The standard InChI is InChI=1S/C22H22N2O3S/c1-14-6-8-15(9-7-14)28(26,27)19-10-11-20(25)24-13-12-17-16-4-2-3-5-18(16)23-21(17)22(19)24/h2-9,19,22-23H,10-13H2,1H3. The Morgan fingerprint density at radius 1 is 1.04 bits per heavy atom. The molecule has 0 spiro atoms. The van der Waals surface area contributed by atoms with E-state index in [9.17, 15) is 13.2 Å². The maximum atomic E-state index is 13.5. The molecule has 3 aromatic rings. The van der Waals surface area contributed by atoms with Gasteiger partial charge >= 0.3 is 0 Å². The average molecular weight is 394 g/mol. The predicted octanol–water partition coefficient (Wildman–Crippen LogP) is 3.54. The highest BCUT2D eigenvalue weighted by atomic mass is 32.2. The zero-order valence-electron chi connectivity index (χ0n) is 15.7. The van der Waals surface area contributed by atoms with Crippen LogP contribution in [0.3, 0.4) is 0 Å². The van der Waals surface area contributed by atoms with Gasteiger partial charge < -0.3 is 9.88 Å². The third-order valence-corrected chi connectivity index (χ3v) is 8.36. The molecule has 1 fully saturated rings. The van der Waals surface area contributed by atoms with Crippen molar-refractivity contribution in [1.82, 2.24) is 9.88 Å². The van der Waals surface area contributed by atoms with E-state index in [2.05, 4.69) is 11.1 Å². The van der Waals surface area contributed by atoms with Crippen LogP contribution in [0.1, 0.15) is 35.7 Å². The number of benzene rings is 2. The molecule has 0 bridgehead atoms. The van der Waals surface area contributed by atoms with Gasteiger partial charge in [0.1, 0.15) is 0 Å². The fraction of sp³-hybridized carbons (Fsp3) is 0.318. The Morgan fingerprint density at radius 2 is 1.79 bits per heavy atom. The number of rotatable bonds is 2. The minimum atomic E-state index is -3.57. The van der Waals surface area contributed by atoms with Crippen molar-refractivity contribution in [2.24, 2.45) is 0 Å². The van der Waals surface area contributed by atoms with Gasteiger partial charge in [-0.1, -0.05) is 35.9 Å². The molecule has 144 valence electrons. The fourth-order valence-electron chi connectivity index (χ4n) is 4.73. The third-order valence-electron chi connectivity index (χ3n) is 6.14. The Bertz CT molecular complexity index is 1180. The van der Waals surface area contributed by atoms with Gasteiger partial charge in [-0.2, -0.15) is 0 Å². The van der Waals surface area contributed by atoms with Crippen LogP contribution in [0.2, 0.25) is 0 Å². The fourth-order valence-corrected chi connectivity index (χ4v) is 6.65. The molecule has 0 saturated carbocycles. The topological polar surface area (TPSA) is 70.2 Å². The van der Waals surface area contributed by atoms with Crippen molar-refractivity contribution >= 4 is 26.6 Å². The summed E-state index contributed by atoms with van der Waals surface area (Å²) in [6.45, 7) is 2.51. The molecule has 2 atom stereocenters. The molecule has 0 aliphatic carbocycles. The van der Waals surface area contributed by atoms with Crippen LogP contribution in [0.25, 0.3) is 10.9 Å². The molecule has 2 aliphatic heterocycles. The number of aryl methyl sites for hydroxylation is 1. The van der Waals surface area contributed by atoms with Crippen molar-refractivity contribution in [3.63, 3.8) is 0 Å². The number of piperidine rings is 1. The Morgan fingerprint density at radius 3 is 2.57 bits per heavy atom. The largest absolute Gasteiger partial charge is 0.356 e. The molecule has 2 aliphatic rings. The number of hydrogen-bond acceptors (Lipinski definition) is 3. The molecule has 28 heavy (non-hydrogen) atoms. The van der Waals surface area contributed by atoms with Crippen LogP contribution in [0.5, 0.6) is 0 Å². The van der Waals surface area contributed by atoms with E-state index >= 15 is 0 Å². The first-order chi connectivity index (χ1) is 13.5. The summed E-state index contributed by atoms with van der Waals surface area (Å²) in [5.74, 6) is 0.0460. The molecule has 3 heterocycles. The lowest BCUT2D eigenvalue weighted by atomic mass is 9.90. The molecule has 1 amide bonds. The van der Waals surface area contributed by atoms with Crippen LogP contribution < -0.4 is 0 Å². The molecular formula is C22H22N2O3S. The summed E-state index contributed by atoms with van der Waals surface area (Å²) in [6.07, 6.45) is 1.38. The van der Waals surface area contributed by atoms with Crippen molar-refractivity contribution in [2.75, 3.05) is 6.54 Å². The molecule has 5 rings (SSSR count). The first-order valence-electron chi connectivity index (χ1n) is 9.66. The molecule has 2 aromatic carbocycles. The molecule has 6 heteroatoms. The minimum absolute atomic E-state index is 0.0460. The highest BCUT2D eigenvalue weighted by Gasteiger charge is 2.47. The number of fused-ring (bicyclic) bond motifs is 5. The van der Waals surface area contributed by atoms with Gasteiger partial charge in [0, 0.05) is 29.6 Å². The van der Waals surface area contributed by atoms with E-state index in [1.807, 2.05) is 37.3 Å². The lowest BCUT2D eigenvalue weighted by Crippen LogP contribution is -2.51. The van der Waals surface area contributed by atoms with Gasteiger partial charge in [-0.25, -0.2) is 8.42 Å². The van der Waals surface area contributed by atoms with Crippen LogP contribution in [-0.2, 0) is 21.1 Å². The molecule has 1 aromatic heterocycles. The van der Waals surface area contributed by atoms with Gasteiger partial charge in [0.25, 0.3) is 0 Å². The number of aromatic nitrogens is 1. The number of carbonyl (C=O) groups is 1. The molecule has 1 saturated heterocycles. The number of nitrogens with zero attached hydrogens (tertiary/aromatic N) is 1. The van der Waals surface area contributed by atoms with E-state index in [4.69, 9.17) is 0 Å². The van der Waals surface area contributed by atoms with E-state index in [0.717, 1.165) is 34.1 Å². The number of amides is 1. The molecule has 5 nitrogen and oxygen atoms in total. The SMILES string of the molecule is Cc1ccc(S(=O)(=O)C2CCC(=O)N3CCc4c([nH]c5ccccc45)C23)cc1. The van der Waals surface area contributed by atoms with Gasteiger partial charge in [0.05, 0.1) is 16.2 Å². The normalized spacial score (nSPS) is 22.2. The summed E-state index contributed by atoms with van der Waals surface area (Å²) in [5, 5.41) is 0.488. The first-order valence-corrected chi connectivity index (χ1v) is 11.2. The van der Waals surface area contributed by atoms with Gasteiger partial charge in [-0.05, 0) is 43.5 Å². The van der Waals surface area contributed by atoms with Crippen molar-refractivity contribution < 1.29 is 13.2 Å². The van der Waals surface area contributed by atoms with Gasteiger partial charge in [-0.15, -0.1) is 0 Å². The maximum Gasteiger partial charge on any atom is 0.223 e. The van der Waals surface area contributed by atoms with Crippen molar-refractivity contribution in [3.8, 4) is 0 Å². The lowest BCUT2D eigenvalue weighted by molar-refractivity contribution is -0.136. The van der Waals surface area contributed by atoms with Gasteiger partial charge in [0.2, 0.25) is 5.91 Å². The number of hydrogen-bond donors (Lipinski definition) is 1. The van der Waals surface area contributed by atoms with E-state index < -0.39 is 21.1 Å². The highest BCUT2D eigenvalue weighted by molar-refractivity contribution is 7.92. The van der Waals surface area contributed by atoms with E-state index in [1.54, 1.807) is 17.0 Å².